The predicted molar refractivity (Wildman–Crippen MR) is 69.3 cm³/mol. The third-order valence-corrected chi connectivity index (χ3v) is 3.87. The van der Waals surface area contributed by atoms with Crippen LogP contribution in [0.25, 0.3) is 0 Å². The fourth-order valence-corrected chi connectivity index (χ4v) is 2.60. The van der Waals surface area contributed by atoms with E-state index in [1.54, 1.807) is 7.11 Å². The van der Waals surface area contributed by atoms with Gasteiger partial charge >= 0.3 is 0 Å². The summed E-state index contributed by atoms with van der Waals surface area (Å²) in [5.74, 6) is 1.09. The second-order valence-electron chi connectivity index (χ2n) is 4.05. The van der Waals surface area contributed by atoms with E-state index in [0.717, 1.165) is 22.1 Å². The average Bonchev–Trinajstić information content (AvgIpc) is 2.24. The van der Waals surface area contributed by atoms with E-state index in [4.69, 9.17) is 4.74 Å². The minimum atomic E-state index is 0.250. The molecule has 1 aromatic rings. The molecule has 1 aromatic carbocycles. The highest BCUT2D eigenvalue weighted by atomic mass is 79.9. The van der Waals surface area contributed by atoms with E-state index >= 15 is 0 Å². The van der Waals surface area contributed by atoms with Crippen LogP contribution in [0.2, 0.25) is 0 Å². The minimum absolute atomic E-state index is 0.250. The first-order valence-electron chi connectivity index (χ1n) is 5.30. The summed E-state index contributed by atoms with van der Waals surface area (Å²) < 4.78 is 6.26. The number of aryl methyl sites for hydroxylation is 1. The third-order valence-electron chi connectivity index (χ3n) is 2.88. The molecule has 16 heavy (non-hydrogen) atoms. The fraction of sp³-hybridized carbons (Fsp3) is 0.462. The van der Waals surface area contributed by atoms with E-state index in [2.05, 4.69) is 36.7 Å². The second kappa shape index (κ2) is 5.48. The number of benzene rings is 1. The molecule has 0 N–H and O–H groups in total. The van der Waals surface area contributed by atoms with Crippen molar-refractivity contribution in [1.29, 1.82) is 0 Å². The van der Waals surface area contributed by atoms with E-state index < -0.39 is 0 Å². The topological polar surface area (TPSA) is 26.3 Å². The van der Waals surface area contributed by atoms with Gasteiger partial charge in [-0.15, -0.1) is 0 Å². The Morgan fingerprint density at radius 3 is 2.62 bits per heavy atom. The third kappa shape index (κ3) is 2.46. The van der Waals surface area contributed by atoms with Gasteiger partial charge in [0.2, 0.25) is 0 Å². The van der Waals surface area contributed by atoms with Crippen molar-refractivity contribution < 1.29 is 9.53 Å². The molecule has 0 fully saturated rings. The highest BCUT2D eigenvalue weighted by Gasteiger charge is 2.16. The van der Waals surface area contributed by atoms with Gasteiger partial charge in [0.05, 0.1) is 11.6 Å². The zero-order valence-electron chi connectivity index (χ0n) is 10.1. The standard InChI is InChI=1S/C13H17BrO2/c1-8(5-6-15)12-9(2)7-11(16-4)13(14)10(12)3/h6-8H,5H2,1-4H3. The molecular formula is C13H17BrO2. The van der Waals surface area contributed by atoms with E-state index in [9.17, 15) is 4.79 Å². The average molecular weight is 285 g/mol. The van der Waals surface area contributed by atoms with Crippen LogP contribution in [0.1, 0.15) is 36.0 Å². The van der Waals surface area contributed by atoms with Gasteiger partial charge in [-0.2, -0.15) is 0 Å². The van der Waals surface area contributed by atoms with Crippen LogP contribution >= 0.6 is 15.9 Å². The lowest BCUT2D eigenvalue weighted by atomic mass is 9.90. The maximum Gasteiger partial charge on any atom is 0.133 e. The lowest BCUT2D eigenvalue weighted by Gasteiger charge is -2.18. The van der Waals surface area contributed by atoms with Crippen LogP contribution in [0.4, 0.5) is 0 Å². The summed E-state index contributed by atoms with van der Waals surface area (Å²) in [7, 11) is 1.66. The Kier molecular flexibility index (Phi) is 4.54. The highest BCUT2D eigenvalue weighted by molar-refractivity contribution is 9.10. The van der Waals surface area contributed by atoms with Gasteiger partial charge in [-0.1, -0.05) is 6.92 Å². The molecule has 0 aromatic heterocycles. The largest absolute Gasteiger partial charge is 0.496 e. The molecule has 0 saturated carbocycles. The molecule has 3 heteroatoms. The summed E-state index contributed by atoms with van der Waals surface area (Å²) in [4.78, 5) is 10.6. The summed E-state index contributed by atoms with van der Waals surface area (Å²) >= 11 is 3.53. The first-order valence-corrected chi connectivity index (χ1v) is 6.09. The number of methoxy groups -OCH3 is 1. The molecular weight excluding hydrogens is 268 g/mol. The van der Waals surface area contributed by atoms with Gasteiger partial charge in [-0.25, -0.2) is 0 Å². The summed E-state index contributed by atoms with van der Waals surface area (Å²) in [5.41, 5.74) is 3.57. The number of carbonyl (C=O) groups excluding carboxylic acids is 1. The Bertz CT molecular complexity index is 399. The van der Waals surface area contributed by atoms with Crippen molar-refractivity contribution in [3.63, 3.8) is 0 Å². The molecule has 0 spiro atoms. The van der Waals surface area contributed by atoms with Crippen LogP contribution in [0.3, 0.4) is 0 Å². The molecule has 0 aliphatic rings. The minimum Gasteiger partial charge on any atom is -0.496 e. The summed E-state index contributed by atoms with van der Waals surface area (Å²) in [6, 6.07) is 2.01. The number of hydrogen-bond donors (Lipinski definition) is 0. The van der Waals surface area contributed by atoms with E-state index in [1.165, 1.54) is 11.1 Å². The Morgan fingerprint density at radius 1 is 1.50 bits per heavy atom. The molecule has 1 unspecified atom stereocenters. The molecule has 88 valence electrons. The Balaban J connectivity index is 3.29. The van der Waals surface area contributed by atoms with Crippen molar-refractivity contribution in [2.24, 2.45) is 0 Å². The van der Waals surface area contributed by atoms with Crippen LogP contribution in [-0.2, 0) is 4.79 Å². The van der Waals surface area contributed by atoms with Gasteiger partial charge < -0.3 is 9.53 Å². The number of rotatable bonds is 4. The van der Waals surface area contributed by atoms with Crippen molar-refractivity contribution in [2.45, 2.75) is 33.1 Å². The lowest BCUT2D eigenvalue weighted by molar-refractivity contribution is -0.108. The molecule has 0 amide bonds. The van der Waals surface area contributed by atoms with Crippen LogP contribution in [0, 0.1) is 13.8 Å². The Morgan fingerprint density at radius 2 is 2.12 bits per heavy atom. The zero-order valence-corrected chi connectivity index (χ0v) is 11.7. The normalized spacial score (nSPS) is 12.3. The Labute approximate surface area is 105 Å². The number of halogens is 1. The molecule has 2 nitrogen and oxygen atoms in total. The van der Waals surface area contributed by atoms with Gasteiger partial charge in [0.1, 0.15) is 12.0 Å². The fourth-order valence-electron chi connectivity index (χ4n) is 2.11. The monoisotopic (exact) mass is 284 g/mol. The molecule has 0 aliphatic carbocycles. The van der Waals surface area contributed by atoms with Crippen molar-refractivity contribution in [2.75, 3.05) is 7.11 Å². The van der Waals surface area contributed by atoms with Crippen molar-refractivity contribution in [3.8, 4) is 5.75 Å². The molecule has 1 atom stereocenters. The molecule has 0 radical (unpaired) electrons. The molecule has 0 heterocycles. The van der Waals surface area contributed by atoms with Crippen LogP contribution in [0.15, 0.2) is 10.5 Å². The van der Waals surface area contributed by atoms with E-state index in [-0.39, 0.29) is 5.92 Å². The molecule has 0 aliphatic heterocycles. The first kappa shape index (κ1) is 13.2. The molecule has 1 rings (SSSR count). The zero-order chi connectivity index (χ0) is 12.3. The van der Waals surface area contributed by atoms with Gasteiger partial charge in [0.15, 0.2) is 0 Å². The summed E-state index contributed by atoms with van der Waals surface area (Å²) in [6.45, 7) is 6.18. The van der Waals surface area contributed by atoms with Gasteiger partial charge in [-0.3, -0.25) is 0 Å². The SMILES string of the molecule is COc1cc(C)c(C(C)CC=O)c(C)c1Br. The maximum atomic E-state index is 10.6. The summed E-state index contributed by atoms with van der Waals surface area (Å²) in [5, 5.41) is 0. The van der Waals surface area contributed by atoms with E-state index in [0.29, 0.717) is 6.42 Å². The van der Waals surface area contributed by atoms with Crippen molar-refractivity contribution in [3.05, 3.63) is 27.2 Å². The van der Waals surface area contributed by atoms with Gasteiger partial charge in [-0.05, 0) is 58.5 Å². The molecule has 0 saturated heterocycles. The Hall–Kier alpha value is -0.830. The van der Waals surface area contributed by atoms with Crippen LogP contribution in [0.5, 0.6) is 5.75 Å². The van der Waals surface area contributed by atoms with Crippen molar-refractivity contribution >= 4 is 22.2 Å². The predicted octanol–water partition coefficient (Wildman–Crippen LogP) is 3.77. The molecule has 0 bridgehead atoms. The number of hydrogen-bond acceptors (Lipinski definition) is 2. The van der Waals surface area contributed by atoms with Gasteiger partial charge in [0, 0.05) is 6.42 Å². The second-order valence-corrected chi connectivity index (χ2v) is 4.84. The number of carbonyl (C=O) groups is 1. The quantitative estimate of drug-likeness (QED) is 0.787. The summed E-state index contributed by atoms with van der Waals surface area (Å²) in [6.07, 6.45) is 1.53. The smallest absolute Gasteiger partial charge is 0.133 e. The number of aldehydes is 1. The highest BCUT2D eigenvalue weighted by Crippen LogP contribution is 2.36. The number of ether oxygens (including phenoxy) is 1. The van der Waals surface area contributed by atoms with Gasteiger partial charge in [0.25, 0.3) is 0 Å². The van der Waals surface area contributed by atoms with Crippen LogP contribution < -0.4 is 4.74 Å². The first-order chi connectivity index (χ1) is 7.52. The van der Waals surface area contributed by atoms with Crippen LogP contribution in [-0.4, -0.2) is 13.4 Å². The lowest BCUT2D eigenvalue weighted by Crippen LogP contribution is -2.03. The van der Waals surface area contributed by atoms with Crippen molar-refractivity contribution in [1.82, 2.24) is 0 Å². The maximum absolute atomic E-state index is 10.6. The van der Waals surface area contributed by atoms with E-state index in [1.807, 2.05) is 6.07 Å².